The van der Waals surface area contributed by atoms with Gasteiger partial charge in [0.05, 0.1) is 26.7 Å². The molecule has 0 aliphatic heterocycles. The lowest BCUT2D eigenvalue weighted by Gasteiger charge is -2.19. The summed E-state index contributed by atoms with van der Waals surface area (Å²) in [6, 6.07) is 11.3. The number of ether oxygens (including phenoxy) is 1. The molecule has 10 heteroatoms. The second kappa shape index (κ2) is 11.2. The van der Waals surface area contributed by atoms with E-state index in [2.05, 4.69) is 10.3 Å². The molecule has 35 heavy (non-hydrogen) atoms. The molecule has 2 aromatic carbocycles. The number of sulfonamides is 1. The number of aryl methyl sites for hydroxylation is 1. The zero-order valence-corrected chi connectivity index (χ0v) is 21.7. The number of nitrogens with one attached hydrogen (secondary N) is 1. The number of amides is 1. The van der Waals surface area contributed by atoms with Crippen molar-refractivity contribution in [2.75, 3.05) is 25.0 Å². The van der Waals surface area contributed by atoms with E-state index in [1.54, 1.807) is 32.9 Å². The van der Waals surface area contributed by atoms with Gasteiger partial charge in [-0.15, -0.1) is 0 Å². The number of carbonyl (C=O) groups is 2. The summed E-state index contributed by atoms with van der Waals surface area (Å²) in [5.74, 6) is -1.29. The van der Waals surface area contributed by atoms with Crippen LogP contribution in [-0.4, -0.2) is 49.3 Å². The predicted octanol–water partition coefficient (Wildman–Crippen LogP) is 4.59. The molecule has 1 heterocycles. The van der Waals surface area contributed by atoms with Crippen molar-refractivity contribution < 1.29 is 22.7 Å². The fourth-order valence-electron chi connectivity index (χ4n) is 3.83. The molecule has 0 aliphatic carbocycles. The number of para-hydroxylation sites is 1. The fraction of sp³-hybridized carbons (Fsp3) is 0.320. The summed E-state index contributed by atoms with van der Waals surface area (Å²) >= 11 is 6.18. The quantitative estimate of drug-likeness (QED) is 0.416. The number of hydrogen-bond acceptors (Lipinski definition) is 6. The average molecular weight is 518 g/mol. The number of aromatic nitrogens is 1. The summed E-state index contributed by atoms with van der Waals surface area (Å²) < 4.78 is 32.2. The van der Waals surface area contributed by atoms with Gasteiger partial charge in [0, 0.05) is 24.2 Å². The highest BCUT2D eigenvalue weighted by Gasteiger charge is 2.23. The number of hydrogen-bond donors (Lipinski definition) is 1. The van der Waals surface area contributed by atoms with Gasteiger partial charge in [-0.05, 0) is 43.2 Å². The molecule has 8 nitrogen and oxygen atoms in total. The van der Waals surface area contributed by atoms with E-state index in [0.29, 0.717) is 41.5 Å². The molecule has 1 amide bonds. The van der Waals surface area contributed by atoms with Crippen molar-refractivity contribution in [2.45, 2.75) is 39.0 Å². The SMILES string of the molecule is CCc1nc2ccccc2c(C(=O)OCC(=O)Nc2cc(S(=O)(=O)N(CC)CC)ccc2Cl)c1C. The van der Waals surface area contributed by atoms with Crippen LogP contribution in [0.3, 0.4) is 0 Å². The largest absolute Gasteiger partial charge is 0.452 e. The summed E-state index contributed by atoms with van der Waals surface area (Å²) in [5.41, 5.74) is 2.63. The van der Waals surface area contributed by atoms with E-state index in [1.165, 1.54) is 22.5 Å². The molecule has 0 unspecified atom stereocenters. The van der Waals surface area contributed by atoms with Gasteiger partial charge in [-0.2, -0.15) is 4.31 Å². The van der Waals surface area contributed by atoms with Gasteiger partial charge in [0.1, 0.15) is 0 Å². The van der Waals surface area contributed by atoms with Crippen LogP contribution in [0.1, 0.15) is 42.4 Å². The summed E-state index contributed by atoms with van der Waals surface area (Å²) in [6.07, 6.45) is 0.642. The van der Waals surface area contributed by atoms with Gasteiger partial charge in [-0.3, -0.25) is 9.78 Å². The Morgan fingerprint density at radius 3 is 2.43 bits per heavy atom. The Kier molecular flexibility index (Phi) is 8.47. The highest BCUT2D eigenvalue weighted by Crippen LogP contribution is 2.27. The molecule has 0 atom stereocenters. The van der Waals surface area contributed by atoms with E-state index in [1.807, 2.05) is 19.1 Å². The van der Waals surface area contributed by atoms with Gasteiger partial charge in [0.2, 0.25) is 10.0 Å². The smallest absolute Gasteiger partial charge is 0.339 e. The van der Waals surface area contributed by atoms with Gasteiger partial charge in [-0.1, -0.05) is 50.6 Å². The normalized spacial score (nSPS) is 11.6. The first kappa shape index (κ1) is 26.6. The third kappa shape index (κ3) is 5.63. The number of rotatable bonds is 9. The first-order chi connectivity index (χ1) is 16.6. The molecule has 0 spiro atoms. The fourth-order valence-corrected chi connectivity index (χ4v) is 5.48. The van der Waals surface area contributed by atoms with Crippen LogP contribution >= 0.6 is 11.6 Å². The molecule has 186 valence electrons. The Morgan fingerprint density at radius 1 is 1.09 bits per heavy atom. The van der Waals surface area contributed by atoms with Crippen LogP contribution < -0.4 is 5.32 Å². The lowest BCUT2D eigenvalue weighted by atomic mass is 10.0. The van der Waals surface area contributed by atoms with Crippen LogP contribution in [0, 0.1) is 6.92 Å². The zero-order chi connectivity index (χ0) is 25.8. The van der Waals surface area contributed by atoms with E-state index in [0.717, 1.165) is 5.69 Å². The standard InChI is InChI=1S/C25H28ClN3O5S/c1-5-20-16(4)24(18-10-8-9-11-21(18)27-20)25(31)34-15-23(30)28-22-14-17(12-13-19(22)26)35(32,33)29(6-2)7-3/h8-14H,5-7,15H2,1-4H3,(H,28,30). The second-order valence-electron chi connectivity index (χ2n) is 7.78. The number of halogens is 1. The summed E-state index contributed by atoms with van der Waals surface area (Å²) in [4.78, 5) is 30.1. The monoisotopic (exact) mass is 517 g/mol. The number of nitrogens with zero attached hydrogens (tertiary/aromatic N) is 2. The number of pyridine rings is 1. The first-order valence-electron chi connectivity index (χ1n) is 11.3. The van der Waals surface area contributed by atoms with Gasteiger partial charge in [0.25, 0.3) is 5.91 Å². The maximum atomic E-state index is 13.0. The van der Waals surface area contributed by atoms with E-state index < -0.39 is 28.5 Å². The molecule has 0 aliphatic rings. The molecule has 0 fully saturated rings. The summed E-state index contributed by atoms with van der Waals surface area (Å²) in [5, 5.41) is 3.34. The highest BCUT2D eigenvalue weighted by molar-refractivity contribution is 7.89. The topological polar surface area (TPSA) is 106 Å². The van der Waals surface area contributed by atoms with Crippen LogP contribution in [0.4, 0.5) is 5.69 Å². The van der Waals surface area contributed by atoms with E-state index in [-0.39, 0.29) is 15.6 Å². The van der Waals surface area contributed by atoms with Gasteiger partial charge in [-0.25, -0.2) is 13.2 Å². The molecule has 0 radical (unpaired) electrons. The van der Waals surface area contributed by atoms with Crippen molar-refractivity contribution in [3.8, 4) is 0 Å². The lowest BCUT2D eigenvalue weighted by Crippen LogP contribution is -2.30. The van der Waals surface area contributed by atoms with Crippen molar-refractivity contribution in [1.82, 2.24) is 9.29 Å². The number of esters is 1. The molecular weight excluding hydrogens is 490 g/mol. The highest BCUT2D eigenvalue weighted by atomic mass is 35.5. The third-order valence-electron chi connectivity index (χ3n) is 5.67. The summed E-state index contributed by atoms with van der Waals surface area (Å²) in [7, 11) is -3.74. The van der Waals surface area contributed by atoms with Crippen LogP contribution in [0.5, 0.6) is 0 Å². The molecule has 3 aromatic rings. The van der Waals surface area contributed by atoms with E-state index in [9.17, 15) is 18.0 Å². The Morgan fingerprint density at radius 2 is 1.77 bits per heavy atom. The van der Waals surface area contributed by atoms with Crippen molar-refractivity contribution in [3.63, 3.8) is 0 Å². The van der Waals surface area contributed by atoms with E-state index in [4.69, 9.17) is 16.3 Å². The zero-order valence-electron chi connectivity index (χ0n) is 20.1. The van der Waals surface area contributed by atoms with Crippen LogP contribution in [-0.2, 0) is 26.0 Å². The second-order valence-corrected chi connectivity index (χ2v) is 10.1. The molecule has 1 aromatic heterocycles. The first-order valence-corrected chi connectivity index (χ1v) is 13.1. The van der Waals surface area contributed by atoms with Gasteiger partial charge in [0.15, 0.2) is 6.61 Å². The third-order valence-corrected chi connectivity index (χ3v) is 8.04. The van der Waals surface area contributed by atoms with Gasteiger partial charge < -0.3 is 10.1 Å². The Bertz CT molecular complexity index is 1370. The molecule has 0 bridgehead atoms. The minimum absolute atomic E-state index is 0.00358. The van der Waals surface area contributed by atoms with Crippen molar-refractivity contribution in [1.29, 1.82) is 0 Å². The lowest BCUT2D eigenvalue weighted by molar-refractivity contribution is -0.119. The Balaban J connectivity index is 1.79. The number of carbonyl (C=O) groups excluding carboxylic acids is 2. The maximum Gasteiger partial charge on any atom is 0.339 e. The molecule has 1 N–H and O–H groups in total. The van der Waals surface area contributed by atoms with Crippen LogP contribution in [0.25, 0.3) is 10.9 Å². The molecule has 0 saturated carbocycles. The molecule has 0 saturated heterocycles. The van der Waals surface area contributed by atoms with Crippen LogP contribution in [0.2, 0.25) is 5.02 Å². The van der Waals surface area contributed by atoms with Crippen molar-refractivity contribution in [2.24, 2.45) is 0 Å². The van der Waals surface area contributed by atoms with Crippen LogP contribution in [0.15, 0.2) is 47.4 Å². The number of benzene rings is 2. The minimum Gasteiger partial charge on any atom is -0.452 e. The van der Waals surface area contributed by atoms with E-state index >= 15 is 0 Å². The Labute approximate surface area is 210 Å². The van der Waals surface area contributed by atoms with Crippen molar-refractivity contribution in [3.05, 3.63) is 64.3 Å². The summed E-state index contributed by atoms with van der Waals surface area (Å²) in [6.45, 7) is 7.28. The maximum absolute atomic E-state index is 13.0. The number of anilines is 1. The van der Waals surface area contributed by atoms with Gasteiger partial charge >= 0.3 is 5.97 Å². The minimum atomic E-state index is -3.74. The number of fused-ring (bicyclic) bond motifs is 1. The van der Waals surface area contributed by atoms with Crippen molar-refractivity contribution >= 4 is 50.1 Å². The molecular formula is C25H28ClN3O5S. The average Bonchev–Trinajstić information content (AvgIpc) is 2.84. The molecule has 3 rings (SSSR count). The Hall–Kier alpha value is -3.01. The predicted molar refractivity (Wildman–Crippen MR) is 136 cm³/mol.